The number of halogens is 2. The summed E-state index contributed by atoms with van der Waals surface area (Å²) in [5.74, 6) is 0.404. The van der Waals surface area contributed by atoms with Gasteiger partial charge in [-0.25, -0.2) is 4.39 Å². The molecule has 0 fully saturated rings. The highest BCUT2D eigenvalue weighted by atomic mass is 35.5. The average molecular weight is 302 g/mol. The Morgan fingerprint density at radius 3 is 2.48 bits per heavy atom. The Labute approximate surface area is 127 Å². The average Bonchev–Trinajstić information content (AvgIpc) is 3.01. The van der Waals surface area contributed by atoms with E-state index in [1.807, 2.05) is 42.5 Å². The third-order valence-corrected chi connectivity index (χ3v) is 3.50. The number of anilines is 1. The van der Waals surface area contributed by atoms with E-state index in [1.165, 1.54) is 12.1 Å². The topological polar surface area (TPSA) is 25.2 Å². The van der Waals surface area contributed by atoms with E-state index in [0.29, 0.717) is 10.7 Å². The van der Waals surface area contributed by atoms with Crippen LogP contribution in [-0.2, 0) is 0 Å². The molecule has 1 aromatic heterocycles. The lowest BCUT2D eigenvalue weighted by molar-refractivity contribution is 0.499. The normalized spacial score (nSPS) is 12.1. The lowest BCUT2D eigenvalue weighted by Crippen LogP contribution is -2.11. The van der Waals surface area contributed by atoms with E-state index in [2.05, 4.69) is 5.32 Å². The summed E-state index contributed by atoms with van der Waals surface area (Å²) in [6.45, 7) is 0. The number of hydrogen-bond donors (Lipinski definition) is 1. The van der Waals surface area contributed by atoms with Crippen LogP contribution in [-0.4, -0.2) is 0 Å². The highest BCUT2D eigenvalue weighted by molar-refractivity contribution is 6.33. The van der Waals surface area contributed by atoms with Crippen LogP contribution >= 0.6 is 11.6 Å². The molecule has 0 bridgehead atoms. The molecule has 0 saturated carbocycles. The Kier molecular flexibility index (Phi) is 3.93. The van der Waals surface area contributed by atoms with Gasteiger partial charge in [-0.1, -0.05) is 41.9 Å². The summed E-state index contributed by atoms with van der Waals surface area (Å²) < 4.78 is 18.7. The molecule has 1 unspecified atom stereocenters. The molecule has 1 atom stereocenters. The Bertz CT molecular complexity index is 713. The summed E-state index contributed by atoms with van der Waals surface area (Å²) in [6, 6.07) is 17.7. The van der Waals surface area contributed by atoms with Crippen LogP contribution in [0.25, 0.3) is 0 Å². The fourth-order valence-electron chi connectivity index (χ4n) is 2.18. The van der Waals surface area contributed by atoms with Crippen LogP contribution in [0.15, 0.2) is 71.3 Å². The van der Waals surface area contributed by atoms with Crippen LogP contribution < -0.4 is 5.32 Å². The van der Waals surface area contributed by atoms with Crippen molar-refractivity contribution in [1.82, 2.24) is 0 Å². The van der Waals surface area contributed by atoms with Crippen molar-refractivity contribution in [3.05, 3.63) is 89.1 Å². The van der Waals surface area contributed by atoms with Crippen molar-refractivity contribution in [2.75, 3.05) is 5.32 Å². The first-order chi connectivity index (χ1) is 10.2. The van der Waals surface area contributed by atoms with E-state index in [9.17, 15) is 4.39 Å². The fourth-order valence-corrected chi connectivity index (χ4v) is 2.40. The minimum Gasteiger partial charge on any atom is -0.467 e. The van der Waals surface area contributed by atoms with Gasteiger partial charge in [0.2, 0.25) is 0 Å². The van der Waals surface area contributed by atoms with Crippen molar-refractivity contribution in [1.29, 1.82) is 0 Å². The van der Waals surface area contributed by atoms with Gasteiger partial charge >= 0.3 is 0 Å². The Morgan fingerprint density at radius 1 is 1.00 bits per heavy atom. The zero-order valence-electron chi connectivity index (χ0n) is 11.1. The molecule has 2 aromatic carbocycles. The lowest BCUT2D eigenvalue weighted by atomic mass is 10.0. The molecule has 2 nitrogen and oxygen atoms in total. The Hall–Kier alpha value is -2.26. The molecule has 106 valence electrons. The number of furan rings is 1. The highest BCUT2D eigenvalue weighted by Gasteiger charge is 2.17. The third kappa shape index (κ3) is 3.09. The molecule has 0 aliphatic heterocycles. The van der Waals surface area contributed by atoms with E-state index in [4.69, 9.17) is 16.0 Å². The van der Waals surface area contributed by atoms with E-state index in [0.717, 1.165) is 11.3 Å². The van der Waals surface area contributed by atoms with Gasteiger partial charge < -0.3 is 9.73 Å². The summed E-state index contributed by atoms with van der Waals surface area (Å²) >= 11 is 6.09. The first-order valence-electron chi connectivity index (χ1n) is 6.54. The van der Waals surface area contributed by atoms with Gasteiger partial charge in [-0.3, -0.25) is 0 Å². The predicted molar refractivity (Wildman–Crippen MR) is 82.0 cm³/mol. The van der Waals surface area contributed by atoms with Crippen molar-refractivity contribution in [2.45, 2.75) is 6.04 Å². The molecule has 0 aliphatic carbocycles. The van der Waals surface area contributed by atoms with Crippen molar-refractivity contribution in [2.24, 2.45) is 0 Å². The SMILES string of the molecule is Fc1ccc(NC(c2ccccc2)c2ccco2)c(Cl)c1. The molecular weight excluding hydrogens is 289 g/mol. The maximum Gasteiger partial charge on any atom is 0.130 e. The molecule has 21 heavy (non-hydrogen) atoms. The van der Waals surface area contributed by atoms with Gasteiger partial charge in [0.05, 0.1) is 17.0 Å². The van der Waals surface area contributed by atoms with E-state index in [-0.39, 0.29) is 11.9 Å². The first-order valence-corrected chi connectivity index (χ1v) is 6.92. The minimum absolute atomic E-state index is 0.191. The van der Waals surface area contributed by atoms with E-state index in [1.54, 1.807) is 12.3 Å². The lowest BCUT2D eigenvalue weighted by Gasteiger charge is -2.19. The van der Waals surface area contributed by atoms with Gasteiger partial charge in [0, 0.05) is 0 Å². The largest absolute Gasteiger partial charge is 0.467 e. The molecule has 0 radical (unpaired) electrons. The van der Waals surface area contributed by atoms with Gasteiger partial charge in [-0.05, 0) is 35.9 Å². The second-order valence-electron chi connectivity index (χ2n) is 4.63. The zero-order valence-corrected chi connectivity index (χ0v) is 11.8. The zero-order chi connectivity index (χ0) is 14.7. The molecule has 1 N–H and O–H groups in total. The summed E-state index contributed by atoms with van der Waals surface area (Å²) in [5, 5.41) is 3.64. The third-order valence-electron chi connectivity index (χ3n) is 3.19. The summed E-state index contributed by atoms with van der Waals surface area (Å²) in [4.78, 5) is 0. The van der Waals surface area contributed by atoms with Crippen LogP contribution in [0.2, 0.25) is 5.02 Å². The van der Waals surface area contributed by atoms with Crippen LogP contribution in [0, 0.1) is 5.82 Å². The number of hydrogen-bond acceptors (Lipinski definition) is 2. The summed E-state index contributed by atoms with van der Waals surface area (Å²) in [7, 11) is 0. The number of benzene rings is 2. The van der Waals surface area contributed by atoms with E-state index >= 15 is 0 Å². The van der Waals surface area contributed by atoms with Crippen molar-refractivity contribution in [3.63, 3.8) is 0 Å². The van der Waals surface area contributed by atoms with E-state index < -0.39 is 0 Å². The first kappa shape index (κ1) is 13.7. The molecule has 4 heteroatoms. The minimum atomic E-state index is -0.361. The van der Waals surface area contributed by atoms with Crippen LogP contribution in [0.5, 0.6) is 0 Å². The van der Waals surface area contributed by atoms with Gasteiger partial charge in [0.15, 0.2) is 0 Å². The summed E-state index contributed by atoms with van der Waals surface area (Å²) in [6.07, 6.45) is 1.62. The maximum atomic E-state index is 13.2. The predicted octanol–water partition coefficient (Wildman–Crippen LogP) is 5.27. The van der Waals surface area contributed by atoms with Crippen molar-refractivity contribution < 1.29 is 8.81 Å². The second kappa shape index (κ2) is 6.02. The summed E-state index contributed by atoms with van der Waals surface area (Å²) in [5.41, 5.74) is 1.69. The van der Waals surface area contributed by atoms with Crippen LogP contribution in [0.1, 0.15) is 17.4 Å². The fraction of sp³-hybridized carbons (Fsp3) is 0.0588. The van der Waals surface area contributed by atoms with Crippen molar-refractivity contribution >= 4 is 17.3 Å². The monoisotopic (exact) mass is 301 g/mol. The maximum absolute atomic E-state index is 13.2. The van der Waals surface area contributed by atoms with Crippen LogP contribution in [0.4, 0.5) is 10.1 Å². The molecule has 0 amide bonds. The molecule has 3 aromatic rings. The second-order valence-corrected chi connectivity index (χ2v) is 5.03. The molecule has 0 spiro atoms. The van der Waals surface area contributed by atoms with Gasteiger partial charge in [-0.15, -0.1) is 0 Å². The van der Waals surface area contributed by atoms with Crippen LogP contribution in [0.3, 0.4) is 0 Å². The molecular formula is C17H13ClFNO. The van der Waals surface area contributed by atoms with Gasteiger partial charge in [0.25, 0.3) is 0 Å². The Morgan fingerprint density at radius 2 is 1.81 bits per heavy atom. The molecule has 0 aliphatic rings. The Balaban J connectivity index is 1.97. The van der Waals surface area contributed by atoms with Gasteiger partial charge in [0.1, 0.15) is 17.6 Å². The quantitative estimate of drug-likeness (QED) is 0.710. The van der Waals surface area contributed by atoms with Crippen molar-refractivity contribution in [3.8, 4) is 0 Å². The highest BCUT2D eigenvalue weighted by Crippen LogP contribution is 2.31. The molecule has 1 heterocycles. The molecule has 0 saturated heterocycles. The number of nitrogens with one attached hydrogen (secondary N) is 1. The standard InChI is InChI=1S/C17H13ClFNO/c18-14-11-13(19)8-9-15(14)20-17(16-7-4-10-21-16)12-5-2-1-3-6-12/h1-11,17,20H. The smallest absolute Gasteiger partial charge is 0.130 e. The van der Waals surface area contributed by atoms with Gasteiger partial charge in [-0.2, -0.15) is 0 Å². The number of rotatable bonds is 4. The molecule has 3 rings (SSSR count).